The van der Waals surface area contributed by atoms with Crippen LogP contribution < -0.4 is 0 Å². The first-order chi connectivity index (χ1) is 10.8. The van der Waals surface area contributed by atoms with Crippen molar-refractivity contribution in [2.75, 3.05) is 6.54 Å². The van der Waals surface area contributed by atoms with Crippen LogP contribution in [0.4, 0.5) is 0 Å². The lowest BCUT2D eigenvalue weighted by molar-refractivity contribution is -0.128. The number of hydrogen-bond donors (Lipinski definition) is 0. The zero-order chi connectivity index (χ0) is 14.9. The Hall–Kier alpha value is -1.99. The molecule has 0 aliphatic carbocycles. The number of carbonyl (C=O) groups excluding carboxylic acids is 1. The maximum atomic E-state index is 12.2. The monoisotopic (exact) mass is 331 g/mol. The number of carbonyl (C=O) groups is 1. The summed E-state index contributed by atoms with van der Waals surface area (Å²) in [4.78, 5) is 20.7. The third-order valence-electron chi connectivity index (χ3n) is 3.67. The number of aromatic nitrogens is 2. The van der Waals surface area contributed by atoms with E-state index in [2.05, 4.69) is 10.1 Å². The van der Waals surface area contributed by atoms with E-state index in [0.29, 0.717) is 31.2 Å². The van der Waals surface area contributed by atoms with Gasteiger partial charge >= 0.3 is 0 Å². The van der Waals surface area contributed by atoms with Gasteiger partial charge in [-0.2, -0.15) is 4.98 Å². The van der Waals surface area contributed by atoms with Gasteiger partial charge in [-0.3, -0.25) is 4.79 Å². The lowest BCUT2D eigenvalue weighted by Crippen LogP contribution is -2.23. The van der Waals surface area contributed by atoms with Crippen molar-refractivity contribution in [2.24, 2.45) is 0 Å². The molecule has 1 saturated heterocycles. The summed E-state index contributed by atoms with van der Waals surface area (Å²) in [6.07, 6.45) is 0.442. The zero-order valence-electron chi connectivity index (χ0n) is 11.6. The highest BCUT2D eigenvalue weighted by atomic mass is 32.1. The third kappa shape index (κ3) is 2.57. The second-order valence-electron chi connectivity index (χ2n) is 5.19. The maximum Gasteiger partial charge on any atom is 0.232 e. The van der Waals surface area contributed by atoms with Crippen LogP contribution in [0.3, 0.4) is 0 Å². The fraction of sp³-hybridized carbons (Fsp3) is 0.267. The van der Waals surface area contributed by atoms with Gasteiger partial charge in [-0.25, -0.2) is 0 Å². The number of rotatable bonds is 4. The van der Waals surface area contributed by atoms with Crippen LogP contribution in [0.2, 0.25) is 0 Å². The van der Waals surface area contributed by atoms with E-state index < -0.39 is 0 Å². The zero-order valence-corrected chi connectivity index (χ0v) is 13.3. The molecular formula is C15H13N3O2S2. The van der Waals surface area contributed by atoms with Crippen LogP contribution in [0.1, 0.15) is 23.1 Å². The number of thiophene rings is 2. The predicted molar refractivity (Wildman–Crippen MR) is 84.7 cm³/mol. The standard InChI is InChI=1S/C15H13N3O2S2/c19-13-7-10(8-18(13)9-11-3-1-5-21-11)15-16-14(17-20-15)12-4-2-6-22-12/h1-6,10H,7-9H2. The van der Waals surface area contributed by atoms with Gasteiger partial charge in [-0.05, 0) is 22.9 Å². The number of likely N-dealkylation sites (tertiary alicyclic amines) is 1. The summed E-state index contributed by atoms with van der Waals surface area (Å²) in [5.41, 5.74) is 0. The van der Waals surface area contributed by atoms with Crippen molar-refractivity contribution in [1.29, 1.82) is 0 Å². The quantitative estimate of drug-likeness (QED) is 0.735. The highest BCUT2D eigenvalue weighted by molar-refractivity contribution is 7.13. The molecule has 0 saturated carbocycles. The Kier molecular flexibility index (Phi) is 3.51. The molecule has 4 heterocycles. The third-order valence-corrected chi connectivity index (χ3v) is 5.40. The van der Waals surface area contributed by atoms with Gasteiger partial charge in [0.15, 0.2) is 0 Å². The Morgan fingerprint density at radius 2 is 2.14 bits per heavy atom. The van der Waals surface area contributed by atoms with E-state index in [-0.39, 0.29) is 11.8 Å². The van der Waals surface area contributed by atoms with Crippen LogP contribution in [0, 0.1) is 0 Å². The van der Waals surface area contributed by atoms with Gasteiger partial charge in [0.1, 0.15) is 0 Å². The average molecular weight is 331 g/mol. The van der Waals surface area contributed by atoms with Gasteiger partial charge in [-0.15, -0.1) is 22.7 Å². The van der Waals surface area contributed by atoms with Crippen LogP contribution in [0.5, 0.6) is 0 Å². The van der Waals surface area contributed by atoms with E-state index in [1.807, 2.05) is 39.9 Å². The van der Waals surface area contributed by atoms with Crippen molar-refractivity contribution in [3.8, 4) is 10.7 Å². The van der Waals surface area contributed by atoms with E-state index >= 15 is 0 Å². The first-order valence-corrected chi connectivity index (χ1v) is 8.73. The first-order valence-electron chi connectivity index (χ1n) is 6.97. The van der Waals surface area contributed by atoms with Crippen LogP contribution in [0.15, 0.2) is 39.5 Å². The fourth-order valence-electron chi connectivity index (χ4n) is 2.59. The molecule has 0 radical (unpaired) electrons. The van der Waals surface area contributed by atoms with Gasteiger partial charge in [0.05, 0.1) is 17.3 Å². The summed E-state index contributed by atoms with van der Waals surface area (Å²) < 4.78 is 5.37. The van der Waals surface area contributed by atoms with Gasteiger partial charge in [0.25, 0.3) is 0 Å². The van der Waals surface area contributed by atoms with Crippen molar-refractivity contribution in [2.45, 2.75) is 18.9 Å². The molecular weight excluding hydrogens is 318 g/mol. The van der Waals surface area contributed by atoms with Gasteiger partial charge in [-0.1, -0.05) is 17.3 Å². The molecule has 0 N–H and O–H groups in total. The fourth-order valence-corrected chi connectivity index (χ4v) is 3.96. The molecule has 112 valence electrons. The number of nitrogens with zero attached hydrogens (tertiary/aromatic N) is 3. The maximum absolute atomic E-state index is 12.2. The van der Waals surface area contributed by atoms with Crippen molar-refractivity contribution >= 4 is 28.6 Å². The molecule has 1 atom stereocenters. The Morgan fingerprint density at radius 1 is 1.27 bits per heavy atom. The second kappa shape index (κ2) is 5.66. The second-order valence-corrected chi connectivity index (χ2v) is 7.17. The minimum Gasteiger partial charge on any atom is -0.339 e. The molecule has 1 aliphatic heterocycles. The van der Waals surface area contributed by atoms with Crippen LogP contribution in [0.25, 0.3) is 10.7 Å². The molecule has 1 unspecified atom stereocenters. The SMILES string of the molecule is O=C1CC(c2nc(-c3cccs3)no2)CN1Cc1cccs1. The molecule has 0 bridgehead atoms. The lowest BCUT2D eigenvalue weighted by atomic mass is 10.1. The summed E-state index contributed by atoms with van der Waals surface area (Å²) in [5.74, 6) is 1.31. The van der Waals surface area contributed by atoms with Crippen molar-refractivity contribution in [3.63, 3.8) is 0 Å². The number of amides is 1. The molecule has 1 fully saturated rings. The normalized spacial score (nSPS) is 18.3. The summed E-state index contributed by atoms with van der Waals surface area (Å²) in [6.45, 7) is 1.31. The van der Waals surface area contributed by atoms with E-state index in [9.17, 15) is 4.79 Å². The Balaban J connectivity index is 1.49. The van der Waals surface area contributed by atoms with Crippen LogP contribution in [-0.2, 0) is 11.3 Å². The highest BCUT2D eigenvalue weighted by Gasteiger charge is 2.34. The molecule has 0 spiro atoms. The van der Waals surface area contributed by atoms with Crippen molar-refractivity contribution < 1.29 is 9.32 Å². The lowest BCUT2D eigenvalue weighted by Gasteiger charge is -2.14. The molecule has 5 nitrogen and oxygen atoms in total. The molecule has 1 aliphatic rings. The van der Waals surface area contributed by atoms with E-state index in [0.717, 1.165) is 4.88 Å². The summed E-state index contributed by atoms with van der Waals surface area (Å²) >= 11 is 3.24. The van der Waals surface area contributed by atoms with Gasteiger partial charge < -0.3 is 9.42 Å². The molecule has 3 aromatic heterocycles. The molecule has 3 aromatic rings. The Bertz CT molecular complexity index is 765. The van der Waals surface area contributed by atoms with Crippen molar-refractivity contribution in [3.05, 3.63) is 45.8 Å². The largest absolute Gasteiger partial charge is 0.339 e. The van der Waals surface area contributed by atoms with E-state index in [1.165, 1.54) is 4.88 Å². The average Bonchev–Trinajstić information content (AvgIpc) is 3.27. The molecule has 22 heavy (non-hydrogen) atoms. The summed E-state index contributed by atoms with van der Waals surface area (Å²) in [6, 6.07) is 7.97. The van der Waals surface area contributed by atoms with Crippen LogP contribution >= 0.6 is 22.7 Å². The minimum atomic E-state index is -0.00586. The van der Waals surface area contributed by atoms with Crippen LogP contribution in [-0.4, -0.2) is 27.5 Å². The Morgan fingerprint density at radius 3 is 2.91 bits per heavy atom. The van der Waals surface area contributed by atoms with Gasteiger partial charge in [0, 0.05) is 17.8 Å². The highest BCUT2D eigenvalue weighted by Crippen LogP contribution is 2.30. The van der Waals surface area contributed by atoms with E-state index in [4.69, 9.17) is 4.52 Å². The summed E-state index contributed by atoms with van der Waals surface area (Å²) in [7, 11) is 0. The minimum absolute atomic E-state index is 0.00586. The molecule has 4 rings (SSSR count). The van der Waals surface area contributed by atoms with E-state index in [1.54, 1.807) is 22.7 Å². The first kappa shape index (κ1) is 13.7. The Labute approximate surface area is 135 Å². The molecule has 0 aromatic carbocycles. The summed E-state index contributed by atoms with van der Waals surface area (Å²) in [5, 5.41) is 8.03. The van der Waals surface area contributed by atoms with Crippen molar-refractivity contribution in [1.82, 2.24) is 15.0 Å². The topological polar surface area (TPSA) is 59.2 Å². The van der Waals surface area contributed by atoms with Gasteiger partial charge in [0.2, 0.25) is 17.6 Å². The number of hydrogen-bond acceptors (Lipinski definition) is 6. The molecule has 7 heteroatoms. The molecule has 1 amide bonds. The smallest absolute Gasteiger partial charge is 0.232 e. The predicted octanol–water partition coefficient (Wildman–Crippen LogP) is 3.38.